The van der Waals surface area contributed by atoms with Gasteiger partial charge >= 0.3 is 0 Å². The maximum absolute atomic E-state index is 5.88. The summed E-state index contributed by atoms with van der Waals surface area (Å²) in [5.74, 6) is 0. The van der Waals surface area contributed by atoms with Crippen LogP contribution < -0.4 is 5.32 Å². The van der Waals surface area contributed by atoms with Gasteiger partial charge in [-0.15, -0.1) is 10.2 Å². The Morgan fingerprint density at radius 2 is 1.94 bits per heavy atom. The first kappa shape index (κ1) is 13.5. The zero-order chi connectivity index (χ0) is 13.0. The molecule has 2 rings (SSSR count). The Morgan fingerprint density at radius 3 is 2.56 bits per heavy atom. The standard InChI is InChI=1S/C13H16ClN3S/c1-3-11(15-4-2)13-17-16-12(18-13)9-5-7-10(14)8-6-9/h5-8,11,15H,3-4H2,1-2H3. The van der Waals surface area contributed by atoms with Crippen LogP contribution in [0.25, 0.3) is 10.6 Å². The summed E-state index contributed by atoms with van der Waals surface area (Å²) in [6.07, 6.45) is 1.02. The van der Waals surface area contributed by atoms with Crippen LogP contribution in [0.3, 0.4) is 0 Å². The number of nitrogens with one attached hydrogen (secondary N) is 1. The van der Waals surface area contributed by atoms with Gasteiger partial charge in [-0.2, -0.15) is 0 Å². The molecule has 0 bridgehead atoms. The summed E-state index contributed by atoms with van der Waals surface area (Å²) >= 11 is 7.51. The van der Waals surface area contributed by atoms with E-state index in [4.69, 9.17) is 11.6 Å². The minimum Gasteiger partial charge on any atom is -0.308 e. The second kappa shape index (κ2) is 6.27. The zero-order valence-electron chi connectivity index (χ0n) is 10.5. The van der Waals surface area contributed by atoms with E-state index in [0.717, 1.165) is 33.6 Å². The average Bonchev–Trinajstić information content (AvgIpc) is 2.86. The lowest BCUT2D eigenvalue weighted by Gasteiger charge is -2.10. The molecular weight excluding hydrogens is 266 g/mol. The Bertz CT molecular complexity index is 495. The number of aromatic nitrogens is 2. The molecule has 0 amide bonds. The molecule has 0 spiro atoms. The largest absolute Gasteiger partial charge is 0.308 e. The number of hydrogen-bond donors (Lipinski definition) is 1. The van der Waals surface area contributed by atoms with Gasteiger partial charge < -0.3 is 5.32 Å². The molecule has 0 fully saturated rings. The zero-order valence-corrected chi connectivity index (χ0v) is 12.1. The molecule has 5 heteroatoms. The Labute approximate surface area is 116 Å². The third kappa shape index (κ3) is 3.07. The number of halogens is 1. The van der Waals surface area contributed by atoms with Gasteiger partial charge in [0.05, 0.1) is 6.04 Å². The number of benzene rings is 1. The molecule has 0 aliphatic rings. The fraction of sp³-hybridized carbons (Fsp3) is 0.385. The number of rotatable bonds is 5. The van der Waals surface area contributed by atoms with E-state index < -0.39 is 0 Å². The first-order valence-corrected chi connectivity index (χ1v) is 7.26. The van der Waals surface area contributed by atoms with Gasteiger partial charge in [-0.05, 0) is 25.1 Å². The van der Waals surface area contributed by atoms with Crippen molar-refractivity contribution in [1.82, 2.24) is 15.5 Å². The minimum absolute atomic E-state index is 0.300. The molecule has 0 saturated carbocycles. The normalized spacial score (nSPS) is 12.6. The molecular formula is C13H16ClN3S. The third-order valence-electron chi connectivity index (χ3n) is 2.69. The Kier molecular flexibility index (Phi) is 4.69. The predicted octanol–water partition coefficient (Wildman–Crippen LogP) is 3.92. The summed E-state index contributed by atoms with van der Waals surface area (Å²) in [4.78, 5) is 0. The Balaban J connectivity index is 2.21. The fourth-order valence-electron chi connectivity index (χ4n) is 1.74. The van der Waals surface area contributed by atoms with Crippen molar-refractivity contribution in [1.29, 1.82) is 0 Å². The third-order valence-corrected chi connectivity index (χ3v) is 4.03. The van der Waals surface area contributed by atoms with Crippen molar-refractivity contribution in [3.63, 3.8) is 0 Å². The van der Waals surface area contributed by atoms with Crippen LogP contribution in [0.4, 0.5) is 0 Å². The molecule has 1 aromatic heterocycles. The van der Waals surface area contributed by atoms with Crippen LogP contribution in [0.2, 0.25) is 5.02 Å². The lowest BCUT2D eigenvalue weighted by Crippen LogP contribution is -2.19. The van der Waals surface area contributed by atoms with Crippen molar-refractivity contribution in [2.45, 2.75) is 26.3 Å². The lowest BCUT2D eigenvalue weighted by molar-refractivity contribution is 0.531. The summed E-state index contributed by atoms with van der Waals surface area (Å²) in [7, 11) is 0. The second-order valence-corrected chi connectivity index (χ2v) is 5.42. The molecule has 0 radical (unpaired) electrons. The molecule has 1 atom stereocenters. The van der Waals surface area contributed by atoms with Crippen LogP contribution >= 0.6 is 22.9 Å². The first-order valence-electron chi connectivity index (χ1n) is 6.07. The second-order valence-electron chi connectivity index (χ2n) is 3.97. The molecule has 0 aliphatic carbocycles. The van der Waals surface area contributed by atoms with Gasteiger partial charge in [0.2, 0.25) is 0 Å². The van der Waals surface area contributed by atoms with E-state index in [1.807, 2.05) is 24.3 Å². The number of nitrogens with zero attached hydrogens (tertiary/aromatic N) is 2. The van der Waals surface area contributed by atoms with Gasteiger partial charge in [-0.3, -0.25) is 0 Å². The van der Waals surface area contributed by atoms with E-state index in [9.17, 15) is 0 Å². The van der Waals surface area contributed by atoms with Crippen LogP contribution in [0.15, 0.2) is 24.3 Å². The monoisotopic (exact) mass is 281 g/mol. The maximum Gasteiger partial charge on any atom is 0.147 e. The van der Waals surface area contributed by atoms with E-state index in [2.05, 4.69) is 29.4 Å². The van der Waals surface area contributed by atoms with Gasteiger partial charge in [0.15, 0.2) is 0 Å². The average molecular weight is 282 g/mol. The van der Waals surface area contributed by atoms with Crippen molar-refractivity contribution in [2.75, 3.05) is 6.54 Å². The van der Waals surface area contributed by atoms with E-state index in [-0.39, 0.29) is 0 Å². The number of hydrogen-bond acceptors (Lipinski definition) is 4. The van der Waals surface area contributed by atoms with Gasteiger partial charge in [0, 0.05) is 10.6 Å². The van der Waals surface area contributed by atoms with E-state index in [1.54, 1.807) is 11.3 Å². The molecule has 18 heavy (non-hydrogen) atoms. The van der Waals surface area contributed by atoms with Crippen LogP contribution in [-0.4, -0.2) is 16.7 Å². The van der Waals surface area contributed by atoms with E-state index in [1.165, 1.54) is 0 Å². The van der Waals surface area contributed by atoms with Crippen LogP contribution in [0, 0.1) is 0 Å². The summed E-state index contributed by atoms with van der Waals surface area (Å²) in [5.41, 5.74) is 1.06. The maximum atomic E-state index is 5.88. The first-order chi connectivity index (χ1) is 8.74. The summed E-state index contributed by atoms with van der Waals surface area (Å²) in [5, 5.41) is 14.7. The van der Waals surface area contributed by atoms with E-state index >= 15 is 0 Å². The lowest BCUT2D eigenvalue weighted by atomic mass is 10.2. The highest BCUT2D eigenvalue weighted by Gasteiger charge is 2.14. The van der Waals surface area contributed by atoms with E-state index in [0.29, 0.717) is 6.04 Å². The van der Waals surface area contributed by atoms with Gasteiger partial charge in [0.25, 0.3) is 0 Å². The molecule has 1 unspecified atom stereocenters. The molecule has 1 heterocycles. The molecule has 3 nitrogen and oxygen atoms in total. The summed E-state index contributed by atoms with van der Waals surface area (Å²) in [6, 6.07) is 7.99. The summed E-state index contributed by atoms with van der Waals surface area (Å²) < 4.78 is 0. The topological polar surface area (TPSA) is 37.8 Å². The predicted molar refractivity (Wildman–Crippen MR) is 77.1 cm³/mol. The van der Waals surface area contributed by atoms with Crippen LogP contribution in [-0.2, 0) is 0 Å². The van der Waals surface area contributed by atoms with Crippen molar-refractivity contribution in [2.24, 2.45) is 0 Å². The van der Waals surface area contributed by atoms with Gasteiger partial charge in [-0.1, -0.05) is 48.9 Å². The molecule has 1 aromatic carbocycles. The van der Waals surface area contributed by atoms with Crippen LogP contribution in [0.1, 0.15) is 31.3 Å². The molecule has 96 valence electrons. The molecule has 2 aromatic rings. The van der Waals surface area contributed by atoms with Crippen molar-refractivity contribution in [3.05, 3.63) is 34.3 Å². The minimum atomic E-state index is 0.300. The van der Waals surface area contributed by atoms with Crippen molar-refractivity contribution in [3.8, 4) is 10.6 Å². The quantitative estimate of drug-likeness (QED) is 0.903. The fourth-order valence-corrected chi connectivity index (χ4v) is 2.87. The Hall–Kier alpha value is -0.970. The smallest absolute Gasteiger partial charge is 0.147 e. The van der Waals surface area contributed by atoms with Crippen molar-refractivity contribution < 1.29 is 0 Å². The molecule has 0 saturated heterocycles. The highest BCUT2D eigenvalue weighted by Crippen LogP contribution is 2.28. The SMILES string of the molecule is CCNC(CC)c1nnc(-c2ccc(Cl)cc2)s1. The Morgan fingerprint density at radius 1 is 1.22 bits per heavy atom. The van der Waals surface area contributed by atoms with Crippen LogP contribution in [0.5, 0.6) is 0 Å². The van der Waals surface area contributed by atoms with Gasteiger partial charge in [-0.25, -0.2) is 0 Å². The highest BCUT2D eigenvalue weighted by molar-refractivity contribution is 7.14. The molecule has 0 aliphatic heterocycles. The van der Waals surface area contributed by atoms with Crippen molar-refractivity contribution >= 4 is 22.9 Å². The highest BCUT2D eigenvalue weighted by atomic mass is 35.5. The summed E-state index contributed by atoms with van der Waals surface area (Å²) in [6.45, 7) is 5.19. The van der Waals surface area contributed by atoms with Gasteiger partial charge in [0.1, 0.15) is 10.0 Å². The molecule has 1 N–H and O–H groups in total.